The number of hydrogen-bond donors (Lipinski definition) is 3. The summed E-state index contributed by atoms with van der Waals surface area (Å²) < 4.78 is 18.1. The Morgan fingerprint density at radius 1 is 0.943 bits per heavy atom. The molecule has 11 heteroatoms. The van der Waals surface area contributed by atoms with Gasteiger partial charge in [0.2, 0.25) is 0 Å². The zero-order valence-electron chi connectivity index (χ0n) is 19.2. The molecular weight excluding hydrogens is 472 g/mol. The first-order chi connectivity index (χ1) is 17.1. The lowest BCUT2D eigenvalue weighted by Crippen LogP contribution is -2.27. The highest BCUT2D eigenvalue weighted by atomic mass is 32.1. The number of amides is 2. The number of carbonyl (C=O) groups is 2. The van der Waals surface area contributed by atoms with Crippen molar-refractivity contribution >= 4 is 34.2 Å². The lowest BCUT2D eigenvalue weighted by molar-refractivity contribution is 0.0158. The van der Waals surface area contributed by atoms with Gasteiger partial charge in [-0.05, 0) is 35.7 Å². The zero-order valence-corrected chi connectivity index (χ0v) is 20.0. The van der Waals surface area contributed by atoms with E-state index in [9.17, 15) is 9.59 Å². The SMILES string of the molecule is N#Cc1ccc2ccn(Cc3ccc(C(=O)NCCOCCOCCOCCNC(=O)O)s3)c2c1. The van der Waals surface area contributed by atoms with Crippen molar-refractivity contribution in [1.29, 1.82) is 5.26 Å². The van der Waals surface area contributed by atoms with Crippen molar-refractivity contribution in [2.45, 2.75) is 6.54 Å². The Morgan fingerprint density at radius 2 is 1.63 bits per heavy atom. The van der Waals surface area contributed by atoms with Crippen molar-refractivity contribution in [3.8, 4) is 6.07 Å². The Labute approximate surface area is 207 Å². The van der Waals surface area contributed by atoms with Gasteiger partial charge in [0.25, 0.3) is 5.91 Å². The average molecular weight is 501 g/mol. The predicted octanol–water partition coefficient (Wildman–Crippen LogP) is 2.67. The second-order valence-corrected chi connectivity index (χ2v) is 8.59. The van der Waals surface area contributed by atoms with E-state index < -0.39 is 6.09 Å². The Bertz CT molecular complexity index is 1150. The first-order valence-corrected chi connectivity index (χ1v) is 11.9. The molecule has 3 aromatic rings. The Balaban J connectivity index is 1.27. The number of carboxylic acid groups (broad SMARTS) is 1. The molecular formula is C24H28N4O6S. The molecule has 0 aliphatic rings. The standard InChI is InChI=1S/C24H28N4O6S/c25-16-18-1-2-19-5-8-28(21(19)15-18)17-20-3-4-22(35-20)23(29)26-6-9-32-11-13-34-14-12-33-10-7-27-24(30)31/h1-5,8,15,27H,6-7,9-14,17H2,(H,26,29)(H,30,31). The van der Waals surface area contributed by atoms with Crippen molar-refractivity contribution in [3.63, 3.8) is 0 Å². The van der Waals surface area contributed by atoms with Crippen molar-refractivity contribution in [2.75, 3.05) is 52.7 Å². The maximum absolute atomic E-state index is 12.4. The van der Waals surface area contributed by atoms with Crippen molar-refractivity contribution < 1.29 is 28.9 Å². The molecule has 2 heterocycles. The van der Waals surface area contributed by atoms with E-state index in [2.05, 4.69) is 21.3 Å². The summed E-state index contributed by atoms with van der Waals surface area (Å²) in [6.07, 6.45) is 0.913. The van der Waals surface area contributed by atoms with Gasteiger partial charge in [0, 0.05) is 29.7 Å². The van der Waals surface area contributed by atoms with E-state index >= 15 is 0 Å². The molecule has 0 bridgehead atoms. The number of nitrogens with zero attached hydrogens (tertiary/aromatic N) is 2. The number of hydrogen-bond acceptors (Lipinski definition) is 7. The molecule has 35 heavy (non-hydrogen) atoms. The fourth-order valence-corrected chi connectivity index (χ4v) is 4.16. The molecule has 0 saturated heterocycles. The number of thiophene rings is 1. The number of rotatable bonds is 15. The van der Waals surface area contributed by atoms with E-state index in [1.807, 2.05) is 36.5 Å². The molecule has 0 fully saturated rings. The fourth-order valence-electron chi connectivity index (χ4n) is 3.24. The summed E-state index contributed by atoms with van der Waals surface area (Å²) in [5.74, 6) is -0.139. The van der Waals surface area contributed by atoms with Gasteiger partial charge in [0.1, 0.15) is 0 Å². The number of ether oxygens (including phenoxy) is 3. The van der Waals surface area contributed by atoms with Gasteiger partial charge in [-0.25, -0.2) is 4.79 Å². The highest BCUT2D eigenvalue weighted by molar-refractivity contribution is 7.14. The number of aromatic nitrogens is 1. The van der Waals surface area contributed by atoms with E-state index in [1.165, 1.54) is 11.3 Å². The van der Waals surface area contributed by atoms with E-state index in [1.54, 1.807) is 6.07 Å². The van der Waals surface area contributed by atoms with Crippen LogP contribution >= 0.6 is 11.3 Å². The number of carbonyl (C=O) groups excluding carboxylic acids is 1. The van der Waals surface area contributed by atoms with Gasteiger partial charge in [-0.2, -0.15) is 5.26 Å². The third-order valence-electron chi connectivity index (χ3n) is 4.91. The van der Waals surface area contributed by atoms with E-state index in [-0.39, 0.29) is 12.5 Å². The van der Waals surface area contributed by atoms with Crippen LogP contribution in [0, 0.1) is 11.3 Å². The van der Waals surface area contributed by atoms with Gasteiger partial charge < -0.3 is 34.5 Å². The third kappa shape index (κ3) is 8.70. The minimum absolute atomic E-state index is 0.139. The van der Waals surface area contributed by atoms with E-state index in [0.29, 0.717) is 63.2 Å². The molecule has 10 nitrogen and oxygen atoms in total. The van der Waals surface area contributed by atoms with E-state index in [0.717, 1.165) is 15.8 Å². The molecule has 0 radical (unpaired) electrons. The highest BCUT2D eigenvalue weighted by Gasteiger charge is 2.10. The van der Waals surface area contributed by atoms with Crippen LogP contribution in [0.3, 0.4) is 0 Å². The van der Waals surface area contributed by atoms with Gasteiger partial charge in [0.05, 0.1) is 62.7 Å². The second kappa shape index (κ2) is 14.1. The van der Waals surface area contributed by atoms with E-state index in [4.69, 9.17) is 24.6 Å². The number of fused-ring (bicyclic) bond motifs is 1. The van der Waals surface area contributed by atoms with Crippen LogP contribution in [0.4, 0.5) is 4.79 Å². The summed E-state index contributed by atoms with van der Waals surface area (Å²) in [7, 11) is 0. The summed E-state index contributed by atoms with van der Waals surface area (Å²) in [5, 5.41) is 23.7. The van der Waals surface area contributed by atoms with Gasteiger partial charge in [-0.1, -0.05) is 6.07 Å². The van der Waals surface area contributed by atoms with Crippen LogP contribution in [0.5, 0.6) is 0 Å². The van der Waals surface area contributed by atoms with Crippen LogP contribution in [0.15, 0.2) is 42.6 Å². The number of nitrogens with one attached hydrogen (secondary N) is 2. The molecule has 0 aliphatic carbocycles. The molecule has 3 rings (SSSR count). The number of nitriles is 1. The maximum atomic E-state index is 12.4. The molecule has 0 saturated carbocycles. The van der Waals surface area contributed by atoms with Crippen molar-refractivity contribution in [1.82, 2.24) is 15.2 Å². The summed E-state index contributed by atoms with van der Waals surface area (Å²) in [5.41, 5.74) is 1.61. The minimum Gasteiger partial charge on any atom is -0.465 e. The molecule has 186 valence electrons. The van der Waals surface area contributed by atoms with Crippen LogP contribution in [0.1, 0.15) is 20.1 Å². The molecule has 1 aromatic carbocycles. The lowest BCUT2D eigenvalue weighted by Gasteiger charge is -2.07. The molecule has 0 atom stereocenters. The van der Waals surface area contributed by atoms with Crippen LogP contribution in [-0.2, 0) is 20.8 Å². The first-order valence-electron chi connectivity index (χ1n) is 11.1. The topological polar surface area (TPSA) is 135 Å². The summed E-state index contributed by atoms with van der Waals surface area (Å²) in [6, 6.07) is 13.6. The molecule has 3 N–H and O–H groups in total. The van der Waals surface area contributed by atoms with Gasteiger partial charge in [0.15, 0.2) is 0 Å². The quantitative estimate of drug-likeness (QED) is 0.273. The Hall–Kier alpha value is -3.43. The van der Waals surface area contributed by atoms with Crippen molar-refractivity contribution in [3.05, 3.63) is 57.9 Å². The summed E-state index contributed by atoms with van der Waals surface area (Å²) in [6.45, 7) is 3.51. The molecule has 0 unspecified atom stereocenters. The highest BCUT2D eigenvalue weighted by Crippen LogP contribution is 2.22. The third-order valence-corrected chi connectivity index (χ3v) is 5.98. The molecule has 2 aromatic heterocycles. The minimum atomic E-state index is -1.07. The molecule has 0 spiro atoms. The second-order valence-electron chi connectivity index (χ2n) is 7.42. The van der Waals surface area contributed by atoms with Gasteiger partial charge in [-0.3, -0.25) is 4.79 Å². The normalized spacial score (nSPS) is 10.8. The largest absolute Gasteiger partial charge is 0.465 e. The van der Waals surface area contributed by atoms with Gasteiger partial charge in [-0.15, -0.1) is 11.3 Å². The molecule has 0 aliphatic heterocycles. The van der Waals surface area contributed by atoms with Crippen LogP contribution in [-0.4, -0.2) is 74.4 Å². The average Bonchev–Trinajstić information content (AvgIpc) is 3.49. The Kier molecular flexibility index (Phi) is 10.5. The van der Waals surface area contributed by atoms with Crippen LogP contribution in [0.25, 0.3) is 10.9 Å². The van der Waals surface area contributed by atoms with Crippen molar-refractivity contribution in [2.24, 2.45) is 0 Å². The summed E-state index contributed by atoms with van der Waals surface area (Å²) in [4.78, 5) is 24.3. The smallest absolute Gasteiger partial charge is 0.404 e. The van der Waals surface area contributed by atoms with Gasteiger partial charge >= 0.3 is 6.09 Å². The van der Waals surface area contributed by atoms with Crippen LogP contribution < -0.4 is 10.6 Å². The fraction of sp³-hybridized carbons (Fsp3) is 0.375. The monoisotopic (exact) mass is 500 g/mol. The maximum Gasteiger partial charge on any atom is 0.404 e. The zero-order chi connectivity index (χ0) is 24.9. The predicted molar refractivity (Wildman–Crippen MR) is 131 cm³/mol. The number of benzene rings is 1. The molecule has 2 amide bonds. The lowest BCUT2D eigenvalue weighted by atomic mass is 10.2. The van der Waals surface area contributed by atoms with Crippen LogP contribution in [0.2, 0.25) is 0 Å². The Morgan fingerprint density at radius 3 is 2.31 bits per heavy atom. The summed E-state index contributed by atoms with van der Waals surface area (Å²) >= 11 is 1.44. The first kappa shape index (κ1) is 26.2.